The summed E-state index contributed by atoms with van der Waals surface area (Å²) in [5.74, 6) is 1.83. The molecule has 1 aromatic rings. The van der Waals surface area contributed by atoms with Crippen molar-refractivity contribution in [1.29, 1.82) is 0 Å². The van der Waals surface area contributed by atoms with E-state index < -0.39 is 0 Å². The van der Waals surface area contributed by atoms with Crippen LogP contribution in [0, 0.1) is 5.92 Å². The van der Waals surface area contributed by atoms with Crippen LogP contribution in [0.5, 0.6) is 0 Å². The van der Waals surface area contributed by atoms with Gasteiger partial charge >= 0.3 is 0 Å². The van der Waals surface area contributed by atoms with E-state index in [-0.39, 0.29) is 0 Å². The first-order valence-corrected chi connectivity index (χ1v) is 5.81. The van der Waals surface area contributed by atoms with Crippen molar-refractivity contribution in [2.75, 3.05) is 6.61 Å². The van der Waals surface area contributed by atoms with Gasteiger partial charge < -0.3 is 14.5 Å². The zero-order chi connectivity index (χ0) is 10.1. The van der Waals surface area contributed by atoms with Crippen LogP contribution in [-0.2, 0) is 11.3 Å². The Balaban J connectivity index is 1.53. The van der Waals surface area contributed by atoms with Gasteiger partial charge in [0.1, 0.15) is 5.76 Å². The average Bonchev–Trinajstić information content (AvgIpc) is 2.81. The van der Waals surface area contributed by atoms with Gasteiger partial charge in [-0.2, -0.15) is 0 Å². The summed E-state index contributed by atoms with van der Waals surface area (Å²) in [5.41, 5.74) is 0. The van der Waals surface area contributed by atoms with E-state index in [0.717, 1.165) is 31.3 Å². The monoisotopic (exact) mass is 207 g/mol. The Labute approximate surface area is 89.8 Å². The third kappa shape index (κ3) is 2.08. The molecule has 0 bridgehead atoms. The van der Waals surface area contributed by atoms with Gasteiger partial charge in [-0.25, -0.2) is 0 Å². The first-order valence-electron chi connectivity index (χ1n) is 5.81. The summed E-state index contributed by atoms with van der Waals surface area (Å²) >= 11 is 0. The molecule has 1 aromatic heterocycles. The van der Waals surface area contributed by atoms with Crippen molar-refractivity contribution in [2.45, 2.75) is 38.0 Å². The van der Waals surface area contributed by atoms with Crippen LogP contribution in [0.2, 0.25) is 0 Å². The molecule has 0 aromatic carbocycles. The summed E-state index contributed by atoms with van der Waals surface area (Å²) < 4.78 is 11.1. The molecular weight excluding hydrogens is 190 g/mol. The van der Waals surface area contributed by atoms with E-state index in [1.807, 2.05) is 12.1 Å². The lowest BCUT2D eigenvalue weighted by molar-refractivity contribution is 0.0805. The second-order valence-electron chi connectivity index (χ2n) is 4.53. The molecule has 3 heteroatoms. The van der Waals surface area contributed by atoms with Crippen molar-refractivity contribution >= 4 is 0 Å². The van der Waals surface area contributed by atoms with Crippen LogP contribution in [0.25, 0.3) is 0 Å². The molecule has 2 heterocycles. The van der Waals surface area contributed by atoms with Crippen LogP contribution in [-0.4, -0.2) is 18.8 Å². The molecule has 2 aliphatic rings. The lowest BCUT2D eigenvalue weighted by Crippen LogP contribution is -2.37. The summed E-state index contributed by atoms with van der Waals surface area (Å²) in [7, 11) is 0. The van der Waals surface area contributed by atoms with Crippen molar-refractivity contribution in [3.05, 3.63) is 24.2 Å². The molecule has 1 aliphatic heterocycles. The minimum Gasteiger partial charge on any atom is -0.468 e. The predicted octanol–water partition coefficient (Wildman–Crippen LogP) is 1.94. The van der Waals surface area contributed by atoms with Crippen LogP contribution in [0.4, 0.5) is 0 Å². The number of ether oxygens (including phenoxy) is 1. The molecule has 15 heavy (non-hydrogen) atoms. The van der Waals surface area contributed by atoms with E-state index in [9.17, 15) is 0 Å². The van der Waals surface area contributed by atoms with Gasteiger partial charge in [-0.1, -0.05) is 0 Å². The fourth-order valence-electron chi connectivity index (χ4n) is 2.36. The lowest BCUT2D eigenvalue weighted by atomic mass is 10.1. The van der Waals surface area contributed by atoms with Gasteiger partial charge in [-0.15, -0.1) is 0 Å². The van der Waals surface area contributed by atoms with Gasteiger partial charge in [0.05, 0.1) is 18.9 Å². The van der Waals surface area contributed by atoms with Crippen molar-refractivity contribution in [1.82, 2.24) is 5.32 Å². The average molecular weight is 207 g/mol. The molecule has 3 nitrogen and oxygen atoms in total. The Bertz CT molecular complexity index is 305. The van der Waals surface area contributed by atoms with Crippen LogP contribution < -0.4 is 5.32 Å². The number of furan rings is 1. The molecule has 2 fully saturated rings. The van der Waals surface area contributed by atoms with E-state index in [2.05, 4.69) is 5.32 Å². The Morgan fingerprint density at radius 3 is 3.00 bits per heavy atom. The predicted molar refractivity (Wildman–Crippen MR) is 56.4 cm³/mol. The second kappa shape index (κ2) is 3.99. The molecule has 82 valence electrons. The van der Waals surface area contributed by atoms with E-state index in [4.69, 9.17) is 9.15 Å². The highest BCUT2D eigenvalue weighted by atomic mass is 16.5. The van der Waals surface area contributed by atoms with Gasteiger partial charge in [0, 0.05) is 12.6 Å². The van der Waals surface area contributed by atoms with Crippen molar-refractivity contribution < 1.29 is 9.15 Å². The molecule has 1 aliphatic carbocycles. The second-order valence-corrected chi connectivity index (χ2v) is 4.53. The Kier molecular flexibility index (Phi) is 2.51. The van der Waals surface area contributed by atoms with Crippen LogP contribution in [0.1, 0.15) is 25.0 Å². The molecule has 3 rings (SSSR count). The molecule has 1 N–H and O–H groups in total. The molecule has 1 saturated carbocycles. The van der Waals surface area contributed by atoms with Gasteiger partial charge in [-0.3, -0.25) is 0 Å². The molecule has 2 atom stereocenters. The first-order chi connectivity index (χ1) is 7.43. The summed E-state index contributed by atoms with van der Waals surface area (Å²) in [6.07, 6.45) is 6.02. The van der Waals surface area contributed by atoms with E-state index in [1.54, 1.807) is 6.26 Å². The van der Waals surface area contributed by atoms with E-state index in [0.29, 0.717) is 12.1 Å². The topological polar surface area (TPSA) is 34.4 Å². The fraction of sp³-hybridized carbons (Fsp3) is 0.667. The van der Waals surface area contributed by atoms with Gasteiger partial charge in [0.15, 0.2) is 0 Å². The standard InChI is InChI=1S/C12H17NO2/c1-2-10(14-6-1)8-13-11-5-7-15-12(11)9-3-4-9/h1-2,6,9,11-13H,3-5,7-8H2. The molecule has 2 unspecified atom stereocenters. The number of rotatable bonds is 4. The third-order valence-corrected chi connectivity index (χ3v) is 3.34. The summed E-state index contributed by atoms with van der Waals surface area (Å²) in [5, 5.41) is 3.54. The summed E-state index contributed by atoms with van der Waals surface area (Å²) in [6, 6.07) is 4.47. The zero-order valence-electron chi connectivity index (χ0n) is 8.82. The summed E-state index contributed by atoms with van der Waals surface area (Å²) in [4.78, 5) is 0. The zero-order valence-corrected chi connectivity index (χ0v) is 8.82. The lowest BCUT2D eigenvalue weighted by Gasteiger charge is -2.18. The van der Waals surface area contributed by atoms with Crippen LogP contribution in [0.15, 0.2) is 22.8 Å². The van der Waals surface area contributed by atoms with Crippen molar-refractivity contribution in [3.8, 4) is 0 Å². The maximum atomic E-state index is 5.77. The number of hydrogen-bond donors (Lipinski definition) is 1. The highest BCUT2D eigenvalue weighted by Crippen LogP contribution is 2.38. The van der Waals surface area contributed by atoms with Crippen molar-refractivity contribution in [3.63, 3.8) is 0 Å². The maximum absolute atomic E-state index is 5.77. The molecule has 0 radical (unpaired) electrons. The fourth-order valence-corrected chi connectivity index (χ4v) is 2.36. The largest absolute Gasteiger partial charge is 0.468 e. The first kappa shape index (κ1) is 9.43. The molecule has 0 amide bonds. The quantitative estimate of drug-likeness (QED) is 0.819. The molecular formula is C12H17NO2. The SMILES string of the molecule is c1coc(CNC2CCOC2C2CC2)c1. The number of hydrogen-bond acceptors (Lipinski definition) is 3. The molecule has 1 saturated heterocycles. The smallest absolute Gasteiger partial charge is 0.117 e. The van der Waals surface area contributed by atoms with E-state index >= 15 is 0 Å². The minimum absolute atomic E-state index is 0.458. The van der Waals surface area contributed by atoms with Gasteiger partial charge in [-0.05, 0) is 37.3 Å². The normalized spacial score (nSPS) is 30.9. The Morgan fingerprint density at radius 2 is 2.27 bits per heavy atom. The Hall–Kier alpha value is -0.800. The highest BCUT2D eigenvalue weighted by molar-refractivity contribution is 4.99. The minimum atomic E-state index is 0.458. The maximum Gasteiger partial charge on any atom is 0.117 e. The van der Waals surface area contributed by atoms with E-state index in [1.165, 1.54) is 12.8 Å². The summed E-state index contributed by atoms with van der Waals surface area (Å²) in [6.45, 7) is 1.74. The Morgan fingerprint density at radius 1 is 1.33 bits per heavy atom. The third-order valence-electron chi connectivity index (χ3n) is 3.34. The highest BCUT2D eigenvalue weighted by Gasteiger charge is 2.40. The number of nitrogens with one attached hydrogen (secondary N) is 1. The van der Waals surface area contributed by atoms with Gasteiger partial charge in [0.2, 0.25) is 0 Å². The van der Waals surface area contributed by atoms with Crippen molar-refractivity contribution in [2.24, 2.45) is 5.92 Å². The van der Waals surface area contributed by atoms with Gasteiger partial charge in [0.25, 0.3) is 0 Å². The molecule has 0 spiro atoms. The van der Waals surface area contributed by atoms with Crippen LogP contribution >= 0.6 is 0 Å². The van der Waals surface area contributed by atoms with Crippen LogP contribution in [0.3, 0.4) is 0 Å².